The van der Waals surface area contributed by atoms with E-state index in [0.29, 0.717) is 11.7 Å². The van der Waals surface area contributed by atoms with E-state index in [4.69, 9.17) is 23.8 Å². The number of hydrogen-bond acceptors (Lipinski definition) is 11. The minimum absolute atomic E-state index is 0. The molecule has 1 heterocycles. The first-order valence-corrected chi connectivity index (χ1v) is 9.90. The van der Waals surface area contributed by atoms with E-state index in [1.165, 1.54) is 14.2 Å². The van der Waals surface area contributed by atoms with E-state index in [0.717, 1.165) is 0 Å². The molecule has 1 aliphatic rings. The molecule has 1 atom stereocenters. The SMILES string of the molecule is C.C.C.C.C=C.COCCNC(=O)OCC(COC(=O)NOC)OCCCC(=O)ON1C(=O)CCC1=O. The Morgan fingerprint density at radius 3 is 1.97 bits per heavy atom. The van der Waals surface area contributed by atoms with Crippen LogP contribution >= 0.6 is 0 Å². The summed E-state index contributed by atoms with van der Waals surface area (Å²) in [5.41, 5.74) is 1.95. The lowest BCUT2D eigenvalue weighted by molar-refractivity contribution is -0.197. The van der Waals surface area contributed by atoms with Gasteiger partial charge < -0.3 is 29.1 Å². The van der Waals surface area contributed by atoms with Crippen molar-refractivity contribution >= 4 is 30.0 Å². The van der Waals surface area contributed by atoms with Crippen LogP contribution in [0.5, 0.6) is 0 Å². The number of alkyl carbamates (subject to hydrolysis) is 1. The van der Waals surface area contributed by atoms with Gasteiger partial charge >= 0.3 is 18.2 Å². The average Bonchev–Trinajstić information content (AvgIpc) is 3.11. The smallest absolute Gasteiger partial charge is 0.431 e. The van der Waals surface area contributed by atoms with Crippen LogP contribution in [0.3, 0.4) is 0 Å². The van der Waals surface area contributed by atoms with E-state index in [1.54, 1.807) is 0 Å². The van der Waals surface area contributed by atoms with E-state index in [9.17, 15) is 24.0 Å². The van der Waals surface area contributed by atoms with Gasteiger partial charge in [-0.2, -0.15) is 5.48 Å². The summed E-state index contributed by atoms with van der Waals surface area (Å²) in [7, 11) is 2.71. The second kappa shape index (κ2) is 27.4. The standard InChI is InChI=1S/C17H27N3O11.C2H4.4CH4/c1-26-9-7-18-16(24)29-10-12(11-30-17(25)19-27-2)28-8-3-4-15(23)31-20-13(21)5-6-14(20)22;1-2;;;;/h12H,3-11H2,1-2H3,(H,18,24)(H,19,25);1-2H2;4*1H4. The number of amides is 4. The number of carbonyl (C=O) groups excluding carboxylic acids is 5. The molecule has 37 heavy (non-hydrogen) atoms. The molecule has 0 aromatic rings. The van der Waals surface area contributed by atoms with Crippen LogP contribution in [-0.4, -0.2) is 88.3 Å². The van der Waals surface area contributed by atoms with Crippen molar-refractivity contribution in [3.05, 3.63) is 13.2 Å². The fraction of sp³-hybridized carbons (Fsp3) is 0.696. The van der Waals surface area contributed by atoms with E-state index in [2.05, 4.69) is 23.3 Å². The summed E-state index contributed by atoms with van der Waals surface area (Å²) in [5, 5.41) is 2.91. The van der Waals surface area contributed by atoms with Crippen molar-refractivity contribution in [1.29, 1.82) is 0 Å². The number of nitrogens with one attached hydrogen (secondary N) is 2. The normalized spacial score (nSPS) is 12.0. The minimum Gasteiger partial charge on any atom is -0.447 e. The Morgan fingerprint density at radius 1 is 0.919 bits per heavy atom. The van der Waals surface area contributed by atoms with Crippen molar-refractivity contribution in [3.8, 4) is 0 Å². The van der Waals surface area contributed by atoms with E-state index >= 15 is 0 Å². The highest BCUT2D eigenvalue weighted by Gasteiger charge is 2.32. The van der Waals surface area contributed by atoms with E-state index in [-0.39, 0.29) is 81.8 Å². The summed E-state index contributed by atoms with van der Waals surface area (Å²) in [5.74, 6) is -1.91. The molecule has 1 unspecified atom stereocenters. The summed E-state index contributed by atoms with van der Waals surface area (Å²) >= 11 is 0. The quantitative estimate of drug-likeness (QED) is 0.143. The molecule has 220 valence electrons. The van der Waals surface area contributed by atoms with Crippen LogP contribution in [0.15, 0.2) is 13.2 Å². The average molecular weight is 542 g/mol. The van der Waals surface area contributed by atoms with Crippen molar-refractivity contribution in [2.45, 2.75) is 61.5 Å². The number of hydroxylamine groups is 3. The van der Waals surface area contributed by atoms with Crippen LogP contribution in [-0.2, 0) is 43.0 Å². The zero-order valence-electron chi connectivity index (χ0n) is 18.8. The van der Waals surface area contributed by atoms with E-state index in [1.807, 2.05) is 5.48 Å². The largest absolute Gasteiger partial charge is 0.447 e. The molecule has 14 heteroatoms. The maximum atomic E-state index is 11.8. The van der Waals surface area contributed by atoms with Crippen LogP contribution in [0, 0.1) is 0 Å². The molecule has 0 bridgehead atoms. The zero-order chi connectivity index (χ0) is 25.1. The predicted molar refractivity (Wildman–Crippen MR) is 137 cm³/mol. The van der Waals surface area contributed by atoms with Crippen molar-refractivity contribution in [2.24, 2.45) is 0 Å². The summed E-state index contributed by atoms with van der Waals surface area (Å²) in [6.07, 6.45) is -2.35. The van der Waals surface area contributed by atoms with Crippen LogP contribution in [0.4, 0.5) is 9.59 Å². The van der Waals surface area contributed by atoms with Crippen molar-refractivity contribution in [2.75, 3.05) is 47.2 Å². The third-order valence-electron chi connectivity index (χ3n) is 3.64. The van der Waals surface area contributed by atoms with Gasteiger partial charge in [0.25, 0.3) is 11.8 Å². The van der Waals surface area contributed by atoms with Gasteiger partial charge in [-0.05, 0) is 6.42 Å². The van der Waals surface area contributed by atoms with Crippen molar-refractivity contribution in [3.63, 3.8) is 0 Å². The molecule has 0 aliphatic carbocycles. The molecule has 0 spiro atoms. The number of imide groups is 1. The second-order valence-corrected chi connectivity index (χ2v) is 6.06. The fourth-order valence-electron chi connectivity index (χ4n) is 2.17. The number of ether oxygens (including phenoxy) is 4. The molecule has 0 aromatic heterocycles. The fourth-order valence-corrected chi connectivity index (χ4v) is 2.17. The van der Waals surface area contributed by atoms with Gasteiger partial charge in [0.1, 0.15) is 19.3 Å². The van der Waals surface area contributed by atoms with E-state index < -0.39 is 36.1 Å². The molecule has 0 radical (unpaired) electrons. The molecule has 14 nitrogen and oxygen atoms in total. The topological polar surface area (TPSA) is 168 Å². The van der Waals surface area contributed by atoms with Gasteiger partial charge in [0.2, 0.25) is 0 Å². The molecule has 2 N–H and O–H groups in total. The third-order valence-corrected chi connectivity index (χ3v) is 3.64. The molecule has 4 amide bonds. The molecule has 1 fully saturated rings. The summed E-state index contributed by atoms with van der Waals surface area (Å²) in [4.78, 5) is 66.7. The zero-order valence-corrected chi connectivity index (χ0v) is 18.8. The summed E-state index contributed by atoms with van der Waals surface area (Å²) in [6.45, 7) is 6.07. The minimum atomic E-state index is -0.871. The van der Waals surface area contributed by atoms with Gasteiger partial charge in [-0.1, -0.05) is 29.7 Å². The van der Waals surface area contributed by atoms with Gasteiger partial charge in [-0.15, -0.1) is 18.2 Å². The van der Waals surface area contributed by atoms with Crippen LogP contribution < -0.4 is 10.8 Å². The maximum Gasteiger partial charge on any atom is 0.431 e. The Kier molecular flexibility index (Phi) is 32.4. The molecule has 0 aromatic carbocycles. The predicted octanol–water partition coefficient (Wildman–Crippen LogP) is 2.77. The third kappa shape index (κ3) is 20.6. The lowest BCUT2D eigenvalue weighted by Crippen LogP contribution is -2.35. The van der Waals surface area contributed by atoms with Gasteiger partial charge in [0.15, 0.2) is 0 Å². The molecule has 1 saturated heterocycles. The Hall–Kier alpha value is -3.23. The molecule has 1 aliphatic heterocycles. The second-order valence-electron chi connectivity index (χ2n) is 6.06. The van der Waals surface area contributed by atoms with Crippen LogP contribution in [0.1, 0.15) is 55.4 Å². The van der Waals surface area contributed by atoms with Crippen LogP contribution in [0.2, 0.25) is 0 Å². The van der Waals surface area contributed by atoms with Crippen molar-refractivity contribution in [1.82, 2.24) is 15.9 Å². The Labute approximate surface area is 220 Å². The molecular formula is C23H47N3O11. The highest BCUT2D eigenvalue weighted by Crippen LogP contribution is 2.13. The Balaban J connectivity index is -0.000000554. The molecule has 1 rings (SSSR count). The number of methoxy groups -OCH3 is 1. The lowest BCUT2D eigenvalue weighted by atomic mass is 10.3. The summed E-state index contributed by atoms with van der Waals surface area (Å²) in [6, 6.07) is 0. The molecule has 0 saturated carbocycles. The van der Waals surface area contributed by atoms with Gasteiger partial charge in [0.05, 0.1) is 20.1 Å². The molecular weight excluding hydrogens is 494 g/mol. The number of carbonyl (C=O) groups is 5. The lowest BCUT2D eigenvalue weighted by Gasteiger charge is -2.18. The first-order chi connectivity index (χ1) is 15.9. The highest BCUT2D eigenvalue weighted by atomic mass is 16.7. The first-order valence-electron chi connectivity index (χ1n) is 9.90. The first kappa shape index (κ1) is 43.8. The summed E-state index contributed by atoms with van der Waals surface area (Å²) < 4.78 is 20.1. The van der Waals surface area contributed by atoms with Crippen molar-refractivity contribution < 1.29 is 52.6 Å². The monoisotopic (exact) mass is 541 g/mol. The highest BCUT2D eigenvalue weighted by molar-refractivity contribution is 6.01. The number of hydrogen-bond donors (Lipinski definition) is 2. The Bertz CT molecular complexity index is 631. The Morgan fingerprint density at radius 2 is 1.46 bits per heavy atom. The number of rotatable bonds is 14. The number of nitrogens with zero attached hydrogens (tertiary/aromatic N) is 1. The van der Waals surface area contributed by atoms with Gasteiger partial charge in [-0.3, -0.25) is 14.4 Å². The van der Waals surface area contributed by atoms with Crippen LogP contribution in [0.25, 0.3) is 0 Å². The maximum absolute atomic E-state index is 11.8. The van der Waals surface area contributed by atoms with Gasteiger partial charge in [-0.25, -0.2) is 14.4 Å². The van der Waals surface area contributed by atoms with Gasteiger partial charge in [0, 0.05) is 33.1 Å².